The lowest BCUT2D eigenvalue weighted by molar-refractivity contribution is -0.387. The molecule has 1 heterocycles. The molecule has 0 unspecified atom stereocenters. The molecule has 2 atom stereocenters. The van der Waals surface area contributed by atoms with Crippen molar-refractivity contribution in [3.63, 3.8) is 0 Å². The van der Waals surface area contributed by atoms with E-state index in [0.717, 1.165) is 17.2 Å². The summed E-state index contributed by atoms with van der Waals surface area (Å²) < 4.78 is 47.3. The maximum atomic E-state index is 14.6. The standard InChI is InChI=1S/C23H28FN3O6S/c1-15-11-18(19(24)12-16(15)2)13-21(23(28)33-4)25-9-10-26(17(3)14-25)34(31,32)22-8-6-5-7-20(22)27(29)30/h5-8,11-12,17,21H,9-10,13-14H2,1-4H3/t17-,21-/m0/s1. The second kappa shape index (κ2) is 10.2. The number of benzene rings is 2. The Bertz CT molecular complexity index is 1200. The van der Waals surface area contributed by atoms with Gasteiger partial charge in [-0.3, -0.25) is 19.8 Å². The predicted molar refractivity (Wildman–Crippen MR) is 123 cm³/mol. The summed E-state index contributed by atoms with van der Waals surface area (Å²) in [5.74, 6) is -0.956. The lowest BCUT2D eigenvalue weighted by Crippen LogP contribution is -2.58. The zero-order valence-corrected chi connectivity index (χ0v) is 20.3. The lowest BCUT2D eigenvalue weighted by atomic mass is 9.98. The van der Waals surface area contributed by atoms with Crippen LogP contribution in [0.2, 0.25) is 0 Å². The summed E-state index contributed by atoms with van der Waals surface area (Å²) in [6.45, 7) is 5.70. The predicted octanol–water partition coefficient (Wildman–Crippen LogP) is 2.83. The number of carbonyl (C=O) groups excluding carboxylic acids is 1. The van der Waals surface area contributed by atoms with E-state index in [9.17, 15) is 27.7 Å². The van der Waals surface area contributed by atoms with Crippen molar-refractivity contribution >= 4 is 21.7 Å². The van der Waals surface area contributed by atoms with E-state index >= 15 is 0 Å². The van der Waals surface area contributed by atoms with E-state index in [1.807, 2.05) is 6.92 Å². The van der Waals surface area contributed by atoms with Crippen LogP contribution in [0.15, 0.2) is 41.3 Å². The van der Waals surface area contributed by atoms with Gasteiger partial charge in [0.05, 0.1) is 12.0 Å². The quantitative estimate of drug-likeness (QED) is 0.331. The second-order valence-corrected chi connectivity index (χ2v) is 10.3. The van der Waals surface area contributed by atoms with Gasteiger partial charge in [-0.15, -0.1) is 0 Å². The highest BCUT2D eigenvalue weighted by Gasteiger charge is 2.40. The van der Waals surface area contributed by atoms with E-state index in [2.05, 4.69) is 0 Å². The molecule has 11 heteroatoms. The Morgan fingerprint density at radius 1 is 1.24 bits per heavy atom. The van der Waals surface area contributed by atoms with Crippen molar-refractivity contribution in [2.75, 3.05) is 26.7 Å². The fourth-order valence-electron chi connectivity index (χ4n) is 4.26. The van der Waals surface area contributed by atoms with Gasteiger partial charge < -0.3 is 4.74 Å². The molecule has 0 N–H and O–H groups in total. The van der Waals surface area contributed by atoms with Gasteiger partial charge in [-0.05, 0) is 49.6 Å². The molecule has 0 bridgehead atoms. The van der Waals surface area contributed by atoms with Crippen LogP contribution in [0.25, 0.3) is 0 Å². The molecule has 1 fully saturated rings. The first-order valence-corrected chi connectivity index (χ1v) is 12.2. The normalized spacial score (nSPS) is 18.4. The summed E-state index contributed by atoms with van der Waals surface area (Å²) in [5, 5.41) is 11.4. The molecule has 1 aliphatic heterocycles. The van der Waals surface area contributed by atoms with Gasteiger partial charge in [0.25, 0.3) is 5.69 Å². The third-order valence-corrected chi connectivity index (χ3v) is 8.30. The Labute approximate surface area is 198 Å². The van der Waals surface area contributed by atoms with Crippen LogP contribution < -0.4 is 0 Å². The van der Waals surface area contributed by atoms with Crippen molar-refractivity contribution in [2.45, 2.75) is 44.2 Å². The van der Waals surface area contributed by atoms with E-state index in [4.69, 9.17) is 4.74 Å². The summed E-state index contributed by atoms with van der Waals surface area (Å²) >= 11 is 0. The number of nitrogens with zero attached hydrogens (tertiary/aromatic N) is 3. The van der Waals surface area contributed by atoms with Gasteiger partial charge in [0, 0.05) is 38.2 Å². The molecule has 0 aromatic heterocycles. The summed E-state index contributed by atoms with van der Waals surface area (Å²) in [4.78, 5) is 24.7. The average Bonchev–Trinajstić information content (AvgIpc) is 2.79. The minimum Gasteiger partial charge on any atom is -0.468 e. The smallest absolute Gasteiger partial charge is 0.323 e. The number of carbonyl (C=O) groups is 1. The summed E-state index contributed by atoms with van der Waals surface area (Å²) in [5.41, 5.74) is 1.59. The summed E-state index contributed by atoms with van der Waals surface area (Å²) in [6.07, 6.45) is 0.0727. The highest BCUT2D eigenvalue weighted by Crippen LogP contribution is 2.29. The number of methoxy groups -OCH3 is 1. The van der Waals surface area contributed by atoms with Gasteiger partial charge >= 0.3 is 5.97 Å². The van der Waals surface area contributed by atoms with Crippen molar-refractivity contribution in [1.82, 2.24) is 9.21 Å². The Morgan fingerprint density at radius 3 is 2.50 bits per heavy atom. The van der Waals surface area contributed by atoms with E-state index in [1.165, 1.54) is 35.7 Å². The number of halogens is 1. The SMILES string of the molecule is COC(=O)[C@H](Cc1cc(C)c(C)cc1F)N1CCN(S(=O)(=O)c2ccccc2[N+](=O)[O-])[C@@H](C)C1. The van der Waals surface area contributed by atoms with Crippen LogP contribution in [0.3, 0.4) is 0 Å². The van der Waals surface area contributed by atoms with Gasteiger partial charge in [0.2, 0.25) is 10.0 Å². The number of nitro groups is 1. The summed E-state index contributed by atoms with van der Waals surface area (Å²) in [6, 6.07) is 6.96. The van der Waals surface area contributed by atoms with Crippen LogP contribution in [0.1, 0.15) is 23.6 Å². The molecule has 9 nitrogen and oxygen atoms in total. The molecule has 3 rings (SSSR count). The topological polar surface area (TPSA) is 110 Å². The van der Waals surface area contributed by atoms with Crippen molar-refractivity contribution in [3.05, 3.63) is 69.0 Å². The average molecular weight is 494 g/mol. The van der Waals surface area contributed by atoms with Gasteiger partial charge in [-0.1, -0.05) is 18.2 Å². The first kappa shape index (κ1) is 25.7. The number of para-hydroxylation sites is 1. The van der Waals surface area contributed by atoms with Crippen LogP contribution in [0.5, 0.6) is 0 Å². The lowest BCUT2D eigenvalue weighted by Gasteiger charge is -2.41. The molecular formula is C23H28FN3O6S. The highest BCUT2D eigenvalue weighted by molar-refractivity contribution is 7.89. The van der Waals surface area contributed by atoms with Gasteiger partial charge in [0.1, 0.15) is 11.9 Å². The van der Waals surface area contributed by atoms with E-state index < -0.39 is 44.5 Å². The largest absolute Gasteiger partial charge is 0.468 e. The zero-order chi connectivity index (χ0) is 25.2. The van der Waals surface area contributed by atoms with E-state index in [0.29, 0.717) is 5.56 Å². The maximum Gasteiger partial charge on any atom is 0.323 e. The van der Waals surface area contributed by atoms with Crippen molar-refractivity contribution < 1.29 is 27.3 Å². The van der Waals surface area contributed by atoms with Crippen LogP contribution in [0, 0.1) is 29.8 Å². The van der Waals surface area contributed by atoms with Crippen LogP contribution >= 0.6 is 0 Å². The number of nitro benzene ring substituents is 1. The first-order chi connectivity index (χ1) is 16.0. The van der Waals surface area contributed by atoms with E-state index in [1.54, 1.807) is 24.8 Å². The highest BCUT2D eigenvalue weighted by atomic mass is 32.2. The Balaban J connectivity index is 1.85. The molecule has 34 heavy (non-hydrogen) atoms. The first-order valence-electron chi connectivity index (χ1n) is 10.8. The molecule has 0 spiro atoms. The molecule has 1 saturated heterocycles. The second-order valence-electron chi connectivity index (χ2n) is 8.46. The number of rotatable bonds is 7. The van der Waals surface area contributed by atoms with Gasteiger partial charge in [-0.25, -0.2) is 12.8 Å². The van der Waals surface area contributed by atoms with Crippen LogP contribution in [-0.2, 0) is 26.0 Å². The maximum absolute atomic E-state index is 14.6. The number of piperazine rings is 1. The van der Waals surface area contributed by atoms with Gasteiger partial charge in [0.15, 0.2) is 4.90 Å². The van der Waals surface area contributed by atoms with Crippen LogP contribution in [-0.4, -0.2) is 67.3 Å². The molecule has 2 aromatic rings. The Kier molecular flexibility index (Phi) is 7.69. The fraction of sp³-hybridized carbons (Fsp3) is 0.435. The Hall–Kier alpha value is -2.89. The zero-order valence-electron chi connectivity index (χ0n) is 19.5. The Morgan fingerprint density at radius 2 is 1.88 bits per heavy atom. The van der Waals surface area contributed by atoms with Crippen molar-refractivity contribution in [2.24, 2.45) is 0 Å². The fourth-order valence-corrected chi connectivity index (χ4v) is 6.04. The number of hydrogen-bond acceptors (Lipinski definition) is 7. The molecule has 1 aliphatic rings. The molecule has 184 valence electrons. The molecular weight excluding hydrogens is 465 g/mol. The third-order valence-electron chi connectivity index (χ3n) is 6.24. The number of hydrogen-bond donors (Lipinski definition) is 0. The van der Waals surface area contributed by atoms with Crippen LogP contribution in [0.4, 0.5) is 10.1 Å². The van der Waals surface area contributed by atoms with Crippen molar-refractivity contribution in [1.29, 1.82) is 0 Å². The minimum absolute atomic E-state index is 0.0124. The molecule has 0 radical (unpaired) electrons. The molecule has 0 saturated carbocycles. The number of aryl methyl sites for hydroxylation is 2. The monoisotopic (exact) mass is 493 g/mol. The number of esters is 1. The third kappa shape index (κ3) is 5.11. The molecule has 0 aliphatic carbocycles. The number of sulfonamides is 1. The number of ether oxygens (including phenoxy) is 1. The van der Waals surface area contributed by atoms with Gasteiger partial charge in [-0.2, -0.15) is 4.31 Å². The molecule has 0 amide bonds. The summed E-state index contributed by atoms with van der Waals surface area (Å²) in [7, 11) is -2.89. The minimum atomic E-state index is -4.15. The molecule has 2 aromatic carbocycles. The van der Waals surface area contributed by atoms with E-state index in [-0.39, 0.29) is 31.0 Å². The van der Waals surface area contributed by atoms with Crippen molar-refractivity contribution in [3.8, 4) is 0 Å².